The van der Waals surface area contributed by atoms with Gasteiger partial charge in [0.25, 0.3) is 0 Å². The average molecular weight is 269 g/mol. The Morgan fingerprint density at radius 3 is 2.58 bits per heavy atom. The third kappa shape index (κ3) is 3.56. The highest BCUT2D eigenvalue weighted by atomic mass is 16.8. The van der Waals surface area contributed by atoms with Crippen molar-refractivity contribution in [3.05, 3.63) is 12.1 Å². The predicted octanol–water partition coefficient (Wildman–Crippen LogP) is 2.43. The molecule has 0 aliphatic heterocycles. The number of aromatic nitrogens is 1. The van der Waals surface area contributed by atoms with E-state index >= 15 is 0 Å². The molecule has 0 radical (unpaired) electrons. The van der Waals surface area contributed by atoms with Crippen LogP contribution >= 0.6 is 0 Å². The van der Waals surface area contributed by atoms with Crippen LogP contribution in [0.2, 0.25) is 0 Å². The summed E-state index contributed by atoms with van der Waals surface area (Å²) in [7, 11) is 0. The molecule has 0 amide bonds. The number of aromatic hydroxyl groups is 2. The molecule has 19 heavy (non-hydrogen) atoms. The minimum absolute atomic E-state index is 0.162. The van der Waals surface area contributed by atoms with Crippen LogP contribution < -0.4 is 4.84 Å². The van der Waals surface area contributed by atoms with E-state index in [1.54, 1.807) is 0 Å². The minimum Gasteiger partial charge on any atom is -0.492 e. The molecule has 2 N–H and O–H groups in total. The first kappa shape index (κ1) is 13.6. The van der Waals surface area contributed by atoms with Gasteiger partial charge in [-0.15, -0.1) is 4.73 Å². The molecular weight excluding hydrogens is 250 g/mol. The van der Waals surface area contributed by atoms with Crippen molar-refractivity contribution in [3.8, 4) is 11.8 Å². The summed E-state index contributed by atoms with van der Waals surface area (Å²) in [6.07, 6.45) is 3.89. The van der Waals surface area contributed by atoms with Crippen LogP contribution in [0.3, 0.4) is 0 Å². The molecule has 106 valence electrons. The maximum absolute atomic E-state index is 11.6. The molecule has 1 aliphatic rings. The first-order chi connectivity index (χ1) is 9.06. The molecule has 1 saturated carbocycles. The molecule has 1 fully saturated rings. The quantitative estimate of drug-likeness (QED) is 0.636. The molecule has 0 aromatic carbocycles. The summed E-state index contributed by atoms with van der Waals surface area (Å²) in [5, 5.41) is 18.7. The van der Waals surface area contributed by atoms with E-state index in [0.29, 0.717) is 10.6 Å². The molecule has 6 nitrogen and oxygen atoms in total. The molecule has 0 spiro atoms. The van der Waals surface area contributed by atoms with Crippen molar-refractivity contribution in [3.63, 3.8) is 0 Å². The fraction of sp³-hybridized carbons (Fsp3) is 0.615. The van der Waals surface area contributed by atoms with Crippen LogP contribution in [0.15, 0.2) is 12.1 Å². The Hall–Kier alpha value is -1.85. The normalized spacial score (nSPS) is 23.6. The molecule has 1 aliphatic carbocycles. The highest BCUT2D eigenvalue weighted by molar-refractivity contribution is 5.60. The maximum atomic E-state index is 11.6. The Morgan fingerprint density at radius 2 is 1.89 bits per heavy atom. The monoisotopic (exact) mass is 269 g/mol. The van der Waals surface area contributed by atoms with Gasteiger partial charge < -0.3 is 14.9 Å². The largest absolute Gasteiger partial charge is 0.534 e. The number of carbonyl (C=O) groups excluding carboxylic acids is 1. The van der Waals surface area contributed by atoms with Crippen molar-refractivity contribution in [2.45, 2.75) is 45.1 Å². The molecule has 1 aromatic heterocycles. The number of hydrogen-bond acceptors (Lipinski definition) is 5. The van der Waals surface area contributed by atoms with Gasteiger partial charge in [-0.05, 0) is 25.2 Å². The molecule has 2 atom stereocenters. The van der Waals surface area contributed by atoms with Crippen molar-refractivity contribution < 1.29 is 24.6 Å². The van der Waals surface area contributed by atoms with Gasteiger partial charge in [-0.3, -0.25) is 4.84 Å². The lowest BCUT2D eigenvalue weighted by molar-refractivity contribution is 0.00259. The first-order valence-electron chi connectivity index (χ1n) is 6.55. The molecule has 2 rings (SSSR count). The van der Waals surface area contributed by atoms with Gasteiger partial charge in [-0.25, -0.2) is 4.79 Å². The number of carbonyl (C=O) groups is 1. The lowest BCUT2D eigenvalue weighted by Gasteiger charge is -2.17. The first-order valence-corrected chi connectivity index (χ1v) is 6.55. The summed E-state index contributed by atoms with van der Waals surface area (Å²) in [5.41, 5.74) is 0. The van der Waals surface area contributed by atoms with Gasteiger partial charge in [0.15, 0.2) is 0 Å². The van der Waals surface area contributed by atoms with Gasteiger partial charge in [-0.2, -0.15) is 0 Å². The van der Waals surface area contributed by atoms with E-state index in [-0.39, 0.29) is 17.9 Å². The van der Waals surface area contributed by atoms with Gasteiger partial charge >= 0.3 is 6.16 Å². The second kappa shape index (κ2) is 5.86. The van der Waals surface area contributed by atoms with Gasteiger partial charge in [0.1, 0.15) is 6.10 Å². The third-order valence-electron chi connectivity index (χ3n) is 3.36. The van der Waals surface area contributed by atoms with Gasteiger partial charge in [0.05, 0.1) is 0 Å². The SMILES string of the molecule is CC1CCCCC(OC(=O)On2c(O)ccc2O)C1. The van der Waals surface area contributed by atoms with Crippen LogP contribution in [0.25, 0.3) is 0 Å². The lowest BCUT2D eigenvalue weighted by Crippen LogP contribution is -2.26. The highest BCUT2D eigenvalue weighted by Crippen LogP contribution is 2.25. The second-order valence-electron chi connectivity index (χ2n) is 5.05. The molecule has 0 saturated heterocycles. The van der Waals surface area contributed by atoms with Crippen LogP contribution in [-0.4, -0.2) is 27.2 Å². The Morgan fingerprint density at radius 1 is 1.26 bits per heavy atom. The summed E-state index contributed by atoms with van der Waals surface area (Å²) in [4.78, 5) is 16.4. The van der Waals surface area contributed by atoms with Crippen molar-refractivity contribution >= 4 is 6.16 Å². The van der Waals surface area contributed by atoms with E-state index in [0.717, 1.165) is 32.1 Å². The van der Waals surface area contributed by atoms with Crippen molar-refractivity contribution in [2.75, 3.05) is 0 Å². The maximum Gasteiger partial charge on any atom is 0.534 e. The standard InChI is InChI=1S/C13H19NO5/c1-9-4-2-3-5-10(8-9)18-13(17)19-14-11(15)6-7-12(14)16/h6-7,9-10,15-16H,2-5,8H2,1H3. The number of nitrogens with zero attached hydrogens (tertiary/aromatic N) is 1. The summed E-state index contributed by atoms with van der Waals surface area (Å²) in [6.45, 7) is 2.14. The van der Waals surface area contributed by atoms with Crippen molar-refractivity contribution in [1.29, 1.82) is 0 Å². The van der Waals surface area contributed by atoms with Crippen molar-refractivity contribution in [2.24, 2.45) is 5.92 Å². The Balaban J connectivity index is 1.90. The lowest BCUT2D eigenvalue weighted by atomic mass is 10.0. The van der Waals surface area contributed by atoms with E-state index in [2.05, 4.69) is 6.92 Å². The van der Waals surface area contributed by atoms with Crippen molar-refractivity contribution in [1.82, 2.24) is 4.73 Å². The summed E-state index contributed by atoms with van der Waals surface area (Å²) in [5.74, 6) is -0.193. The fourth-order valence-electron chi connectivity index (χ4n) is 2.38. The molecular formula is C13H19NO5. The Labute approximate surface area is 111 Å². The average Bonchev–Trinajstić information content (AvgIpc) is 2.56. The molecule has 0 bridgehead atoms. The minimum atomic E-state index is -0.916. The van der Waals surface area contributed by atoms with E-state index in [9.17, 15) is 15.0 Å². The van der Waals surface area contributed by atoms with Crippen LogP contribution in [0.4, 0.5) is 4.79 Å². The summed E-state index contributed by atoms with van der Waals surface area (Å²) in [6, 6.07) is 2.44. The number of hydrogen-bond donors (Lipinski definition) is 2. The van der Waals surface area contributed by atoms with Gasteiger partial charge in [0, 0.05) is 12.1 Å². The van der Waals surface area contributed by atoms with E-state index in [1.807, 2.05) is 0 Å². The zero-order chi connectivity index (χ0) is 13.8. The second-order valence-corrected chi connectivity index (χ2v) is 5.05. The van der Waals surface area contributed by atoms with Crippen LogP contribution in [0.1, 0.15) is 39.0 Å². The van der Waals surface area contributed by atoms with E-state index in [1.165, 1.54) is 12.1 Å². The smallest absolute Gasteiger partial charge is 0.492 e. The molecule has 2 unspecified atom stereocenters. The zero-order valence-corrected chi connectivity index (χ0v) is 10.9. The molecule has 6 heteroatoms. The fourth-order valence-corrected chi connectivity index (χ4v) is 2.38. The Kier molecular flexibility index (Phi) is 4.19. The summed E-state index contributed by atoms with van der Waals surface area (Å²) >= 11 is 0. The molecule has 1 heterocycles. The highest BCUT2D eigenvalue weighted by Gasteiger charge is 2.22. The van der Waals surface area contributed by atoms with E-state index in [4.69, 9.17) is 9.57 Å². The molecule has 1 aromatic rings. The van der Waals surface area contributed by atoms with E-state index < -0.39 is 6.16 Å². The topological polar surface area (TPSA) is 80.9 Å². The predicted molar refractivity (Wildman–Crippen MR) is 66.9 cm³/mol. The third-order valence-corrected chi connectivity index (χ3v) is 3.36. The van der Waals surface area contributed by atoms with Gasteiger partial charge in [0.2, 0.25) is 11.8 Å². The van der Waals surface area contributed by atoms with Crippen LogP contribution in [0, 0.1) is 5.92 Å². The van der Waals surface area contributed by atoms with Crippen LogP contribution in [0.5, 0.6) is 11.8 Å². The summed E-state index contributed by atoms with van der Waals surface area (Å²) < 4.78 is 5.85. The Bertz CT molecular complexity index is 423. The number of ether oxygens (including phenoxy) is 1. The number of rotatable bonds is 2. The van der Waals surface area contributed by atoms with Gasteiger partial charge in [-0.1, -0.05) is 19.8 Å². The zero-order valence-electron chi connectivity index (χ0n) is 10.9. The van der Waals surface area contributed by atoms with Crippen LogP contribution in [-0.2, 0) is 4.74 Å².